The Kier molecular flexibility index (Phi) is 7.83. The Hall–Kier alpha value is -1.14. The second-order valence-electron chi connectivity index (χ2n) is 10.2. The van der Waals surface area contributed by atoms with Crippen LogP contribution in [0.15, 0.2) is 23.6 Å². The van der Waals surface area contributed by atoms with Crippen molar-refractivity contribution in [1.82, 2.24) is 4.72 Å². The number of allylic oxidation sites excluding steroid dienone is 3. The molecule has 6 heteroatoms. The second-order valence-corrected chi connectivity index (χ2v) is 11.8. The molecule has 4 rings (SSSR count). The van der Waals surface area contributed by atoms with Crippen LogP contribution in [0.25, 0.3) is 0 Å². The predicted octanol–water partition coefficient (Wildman–Crippen LogP) is 5.25. The standard InChI is InChI=1S/C24H39NO4S/c1-24(2)19-16-21(24)20(12-8-3-4-9-13-23(26)27)22(17-19)25-30(28,29)15-14-18-10-6-5-7-11-18/h3,8,14-15,18-22,25H,4-7,9-13,16-17H2,1-2H3,(H,26,27)/b8-3-,15-14?. The minimum absolute atomic E-state index is 0.00792. The number of unbranched alkanes of at least 4 members (excludes halogenated alkanes) is 1. The molecule has 2 bridgehead atoms. The lowest BCUT2D eigenvalue weighted by molar-refractivity contribution is -0.137. The molecule has 0 aliphatic heterocycles. The van der Waals surface area contributed by atoms with E-state index in [9.17, 15) is 13.2 Å². The fourth-order valence-electron chi connectivity index (χ4n) is 5.94. The summed E-state index contributed by atoms with van der Waals surface area (Å²) in [5.74, 6) is 1.08. The van der Waals surface area contributed by atoms with Crippen LogP contribution in [-0.2, 0) is 14.8 Å². The van der Waals surface area contributed by atoms with E-state index in [1.54, 1.807) is 0 Å². The van der Waals surface area contributed by atoms with E-state index >= 15 is 0 Å². The van der Waals surface area contributed by atoms with Crippen molar-refractivity contribution in [2.75, 3.05) is 0 Å². The van der Waals surface area contributed by atoms with Gasteiger partial charge in [0.25, 0.3) is 0 Å². The van der Waals surface area contributed by atoms with Crippen molar-refractivity contribution < 1.29 is 18.3 Å². The van der Waals surface area contributed by atoms with Crippen LogP contribution >= 0.6 is 0 Å². The van der Waals surface area contributed by atoms with E-state index in [-0.39, 0.29) is 17.9 Å². The van der Waals surface area contributed by atoms with Crippen molar-refractivity contribution in [1.29, 1.82) is 0 Å². The van der Waals surface area contributed by atoms with E-state index in [1.165, 1.54) is 31.1 Å². The number of sulfonamides is 1. The van der Waals surface area contributed by atoms with Crippen molar-refractivity contribution in [3.63, 3.8) is 0 Å². The van der Waals surface area contributed by atoms with Crippen molar-refractivity contribution >= 4 is 16.0 Å². The van der Waals surface area contributed by atoms with Gasteiger partial charge in [0, 0.05) is 17.9 Å². The normalized spacial score (nSPS) is 31.8. The van der Waals surface area contributed by atoms with Gasteiger partial charge in [-0.25, -0.2) is 13.1 Å². The van der Waals surface area contributed by atoms with E-state index in [2.05, 4.69) is 30.7 Å². The first-order valence-corrected chi connectivity index (χ1v) is 13.3. The molecular formula is C24H39NO4S. The third-order valence-electron chi connectivity index (χ3n) is 7.95. The number of carbonyl (C=O) groups is 1. The van der Waals surface area contributed by atoms with Gasteiger partial charge in [0.1, 0.15) is 0 Å². The summed E-state index contributed by atoms with van der Waals surface area (Å²) in [5, 5.41) is 10.2. The number of carboxylic acids is 1. The third-order valence-corrected chi connectivity index (χ3v) is 9.10. The molecule has 170 valence electrons. The molecule has 0 amide bonds. The first-order chi connectivity index (χ1) is 14.2. The lowest BCUT2D eigenvalue weighted by Gasteiger charge is -2.62. The SMILES string of the molecule is CC1(C)C2CC(NS(=O)(=O)C=CC3CCCCC3)C(C/C=C\CCCC(=O)O)C1C2. The zero-order valence-electron chi connectivity index (χ0n) is 18.6. The molecule has 0 radical (unpaired) electrons. The summed E-state index contributed by atoms with van der Waals surface area (Å²) in [4.78, 5) is 10.6. The molecule has 4 saturated carbocycles. The zero-order valence-corrected chi connectivity index (χ0v) is 19.4. The average molecular weight is 438 g/mol. The summed E-state index contributed by atoms with van der Waals surface area (Å²) in [5.41, 5.74) is 0.279. The Balaban J connectivity index is 1.59. The summed E-state index contributed by atoms with van der Waals surface area (Å²) in [6.45, 7) is 4.65. The van der Waals surface area contributed by atoms with Gasteiger partial charge in [0.05, 0.1) is 0 Å². The summed E-state index contributed by atoms with van der Waals surface area (Å²) in [7, 11) is -3.42. The monoisotopic (exact) mass is 437 g/mol. The van der Waals surface area contributed by atoms with Gasteiger partial charge in [0.15, 0.2) is 0 Å². The van der Waals surface area contributed by atoms with Gasteiger partial charge in [0.2, 0.25) is 10.0 Å². The van der Waals surface area contributed by atoms with Crippen LogP contribution in [0.5, 0.6) is 0 Å². The van der Waals surface area contributed by atoms with Gasteiger partial charge < -0.3 is 5.11 Å². The lowest BCUT2D eigenvalue weighted by atomic mass is 9.44. The van der Waals surface area contributed by atoms with Gasteiger partial charge in [-0.1, -0.05) is 51.3 Å². The molecule has 4 aliphatic carbocycles. The van der Waals surface area contributed by atoms with Gasteiger partial charge in [-0.15, -0.1) is 0 Å². The fourth-order valence-corrected chi connectivity index (χ4v) is 7.14. The van der Waals surface area contributed by atoms with Crippen LogP contribution in [0.3, 0.4) is 0 Å². The molecule has 4 unspecified atom stereocenters. The van der Waals surface area contributed by atoms with E-state index in [0.29, 0.717) is 30.1 Å². The first kappa shape index (κ1) is 23.5. The van der Waals surface area contributed by atoms with Crippen molar-refractivity contribution in [3.8, 4) is 0 Å². The fraction of sp³-hybridized carbons (Fsp3) is 0.792. The highest BCUT2D eigenvalue weighted by molar-refractivity contribution is 7.92. The molecular weight excluding hydrogens is 398 g/mol. The van der Waals surface area contributed by atoms with Gasteiger partial charge >= 0.3 is 5.97 Å². The first-order valence-electron chi connectivity index (χ1n) is 11.8. The van der Waals surface area contributed by atoms with Crippen LogP contribution in [-0.4, -0.2) is 25.5 Å². The van der Waals surface area contributed by atoms with Crippen molar-refractivity contribution in [2.45, 2.75) is 90.5 Å². The molecule has 0 spiro atoms. The lowest BCUT2D eigenvalue weighted by Crippen LogP contribution is -2.61. The number of aliphatic carboxylic acids is 1. The molecule has 0 aromatic rings. The number of fused-ring (bicyclic) bond motifs is 2. The molecule has 0 aromatic carbocycles. The Bertz CT molecular complexity index is 749. The Morgan fingerprint density at radius 1 is 1.13 bits per heavy atom. The topological polar surface area (TPSA) is 83.5 Å². The maximum Gasteiger partial charge on any atom is 0.303 e. The molecule has 0 heterocycles. The van der Waals surface area contributed by atoms with E-state index < -0.39 is 16.0 Å². The highest BCUT2D eigenvalue weighted by Crippen LogP contribution is 2.62. The van der Waals surface area contributed by atoms with Crippen molar-refractivity contribution in [2.24, 2.45) is 29.1 Å². The van der Waals surface area contributed by atoms with Gasteiger partial charge in [-0.2, -0.15) is 0 Å². The van der Waals surface area contributed by atoms with E-state index in [4.69, 9.17) is 5.11 Å². The molecule has 4 atom stereocenters. The third kappa shape index (κ3) is 5.97. The van der Waals surface area contributed by atoms with Crippen LogP contribution < -0.4 is 4.72 Å². The zero-order chi connectivity index (χ0) is 21.8. The van der Waals surface area contributed by atoms with Crippen LogP contribution in [0.2, 0.25) is 0 Å². The number of rotatable bonds is 10. The van der Waals surface area contributed by atoms with Gasteiger partial charge in [-0.3, -0.25) is 4.79 Å². The summed E-state index contributed by atoms with van der Waals surface area (Å²) < 4.78 is 28.6. The predicted molar refractivity (Wildman–Crippen MR) is 120 cm³/mol. The van der Waals surface area contributed by atoms with Gasteiger partial charge in [-0.05, 0) is 74.0 Å². The number of carboxylic acid groups (broad SMARTS) is 1. The maximum atomic E-state index is 12.8. The smallest absolute Gasteiger partial charge is 0.303 e. The molecule has 2 N–H and O–H groups in total. The average Bonchev–Trinajstić information content (AvgIpc) is 2.70. The quantitative estimate of drug-likeness (QED) is 0.361. The Labute approximate surface area is 182 Å². The molecule has 4 aliphatic rings. The van der Waals surface area contributed by atoms with Crippen LogP contribution in [0.4, 0.5) is 0 Å². The van der Waals surface area contributed by atoms with Crippen molar-refractivity contribution in [3.05, 3.63) is 23.6 Å². The Morgan fingerprint density at radius 2 is 1.87 bits per heavy atom. The molecule has 5 nitrogen and oxygen atoms in total. The summed E-state index contributed by atoms with van der Waals surface area (Å²) >= 11 is 0. The number of hydrogen-bond donors (Lipinski definition) is 2. The van der Waals surface area contributed by atoms with Crippen LogP contribution in [0, 0.1) is 29.1 Å². The molecule has 4 fully saturated rings. The maximum absolute atomic E-state index is 12.8. The molecule has 0 saturated heterocycles. The summed E-state index contributed by atoms with van der Waals surface area (Å²) in [6, 6.07) is -0.00792. The second kappa shape index (κ2) is 9.99. The van der Waals surface area contributed by atoms with E-state index in [1.807, 2.05) is 6.08 Å². The molecule has 30 heavy (non-hydrogen) atoms. The number of hydrogen-bond acceptors (Lipinski definition) is 3. The minimum Gasteiger partial charge on any atom is -0.481 e. The largest absolute Gasteiger partial charge is 0.481 e. The number of nitrogens with one attached hydrogen (secondary N) is 1. The molecule has 0 aromatic heterocycles. The highest BCUT2D eigenvalue weighted by Gasteiger charge is 2.57. The minimum atomic E-state index is -3.42. The van der Waals surface area contributed by atoms with E-state index in [0.717, 1.165) is 32.1 Å². The highest BCUT2D eigenvalue weighted by atomic mass is 32.2. The van der Waals surface area contributed by atoms with Crippen LogP contribution in [0.1, 0.15) is 84.5 Å². The summed E-state index contributed by atoms with van der Waals surface area (Å²) in [6.07, 6.45) is 16.5. The Morgan fingerprint density at radius 3 is 2.53 bits per heavy atom.